The van der Waals surface area contributed by atoms with E-state index in [1.165, 1.54) is 6.92 Å². The van der Waals surface area contributed by atoms with E-state index in [9.17, 15) is 18.0 Å². The van der Waals surface area contributed by atoms with Gasteiger partial charge in [-0.1, -0.05) is 0 Å². The lowest BCUT2D eigenvalue weighted by molar-refractivity contribution is -0.192. The lowest BCUT2D eigenvalue weighted by atomic mass is 10.5. The summed E-state index contributed by atoms with van der Waals surface area (Å²) in [5, 5.41) is 15.1. The van der Waals surface area contributed by atoms with E-state index in [2.05, 4.69) is 0 Å². The highest BCUT2D eigenvalue weighted by Crippen LogP contribution is 2.13. The Labute approximate surface area is 65.6 Å². The second-order valence-electron chi connectivity index (χ2n) is 1.68. The molecule has 0 rings (SSSR count). The second kappa shape index (κ2) is 5.53. The molecule has 1 atom stereocenters. The lowest BCUT2D eigenvalue weighted by Crippen LogP contribution is -2.21. The van der Waals surface area contributed by atoms with Crippen LogP contribution < -0.4 is 0 Å². The van der Waals surface area contributed by atoms with Crippen molar-refractivity contribution in [3.63, 3.8) is 0 Å². The van der Waals surface area contributed by atoms with Crippen LogP contribution in [0.2, 0.25) is 0 Å². The Kier molecular flexibility index (Phi) is 6.21. The number of rotatable bonds is 1. The molecule has 0 aromatic rings. The maximum absolute atomic E-state index is 10.6. The van der Waals surface area contributed by atoms with Crippen molar-refractivity contribution in [1.82, 2.24) is 0 Å². The fraction of sp³-hybridized carbons (Fsp3) is 0.600. The number of aliphatic hydroxyl groups is 1. The van der Waals surface area contributed by atoms with Crippen LogP contribution in [-0.4, -0.2) is 34.7 Å². The molecule has 1 unspecified atom stereocenters. The van der Waals surface area contributed by atoms with Crippen LogP contribution in [0.15, 0.2) is 0 Å². The molecule has 0 aliphatic rings. The first kappa shape index (κ1) is 13.5. The lowest BCUT2D eigenvalue weighted by Gasteiger charge is -1.93. The Morgan fingerprint density at radius 3 is 1.67 bits per heavy atom. The van der Waals surface area contributed by atoms with Gasteiger partial charge < -0.3 is 15.0 Å². The van der Waals surface area contributed by atoms with Crippen molar-refractivity contribution in [1.29, 1.82) is 0 Å². The summed E-state index contributed by atoms with van der Waals surface area (Å²) >= 11 is 0. The topological polar surface area (TPSA) is 74.6 Å². The van der Waals surface area contributed by atoms with E-state index in [0.717, 1.165) is 0 Å². The van der Waals surface area contributed by atoms with Gasteiger partial charge in [0.2, 0.25) is 0 Å². The molecule has 7 heteroatoms. The summed E-state index contributed by atoms with van der Waals surface area (Å²) < 4.78 is 31.7. The van der Waals surface area contributed by atoms with E-state index in [1.54, 1.807) is 0 Å². The Hall–Kier alpha value is -1.11. The molecule has 0 bridgehead atoms. The number of hydrogen-bond donors (Lipinski definition) is 2. The summed E-state index contributed by atoms with van der Waals surface area (Å²) in [6.07, 6.45) is -5.41. The summed E-state index contributed by atoms with van der Waals surface area (Å²) in [6, 6.07) is 0. The fourth-order valence-electron chi connectivity index (χ4n) is 0. The molecule has 0 amide bonds. The molecule has 12 heavy (non-hydrogen) atoms. The molecule has 72 valence electrons. The molecule has 0 aliphatic heterocycles. The standard InChI is InChI=1S/C3H6O2.C2HF3O2/c1-3(5)2-4;3-2(4,5)1(6)7/h2-3,5H,1H3;(H,6,7). The minimum absolute atomic E-state index is 0.472. The van der Waals surface area contributed by atoms with Crippen LogP contribution in [0.5, 0.6) is 0 Å². The van der Waals surface area contributed by atoms with Crippen LogP contribution in [0.3, 0.4) is 0 Å². The van der Waals surface area contributed by atoms with Crippen molar-refractivity contribution in [2.24, 2.45) is 0 Å². The molecule has 0 saturated carbocycles. The molecule has 0 radical (unpaired) electrons. The molecule has 4 nitrogen and oxygen atoms in total. The van der Waals surface area contributed by atoms with Crippen LogP contribution in [0.1, 0.15) is 6.92 Å². The van der Waals surface area contributed by atoms with E-state index < -0.39 is 18.2 Å². The third-order valence-electron chi connectivity index (χ3n) is 0.439. The van der Waals surface area contributed by atoms with Gasteiger partial charge in [0.05, 0.1) is 0 Å². The summed E-state index contributed by atoms with van der Waals surface area (Å²) in [6.45, 7) is 1.41. The summed E-state index contributed by atoms with van der Waals surface area (Å²) in [5.74, 6) is -2.76. The summed E-state index contributed by atoms with van der Waals surface area (Å²) in [4.78, 5) is 18.2. The van der Waals surface area contributed by atoms with Crippen LogP contribution in [0, 0.1) is 0 Å². The van der Waals surface area contributed by atoms with Gasteiger partial charge in [-0.15, -0.1) is 0 Å². The van der Waals surface area contributed by atoms with Gasteiger partial charge in [0, 0.05) is 0 Å². The number of carboxylic acid groups (broad SMARTS) is 1. The molecular formula is C5H7F3O4. The molecular weight excluding hydrogens is 181 g/mol. The zero-order valence-corrected chi connectivity index (χ0v) is 6.00. The smallest absolute Gasteiger partial charge is 0.475 e. The third-order valence-corrected chi connectivity index (χ3v) is 0.439. The molecule has 2 N–H and O–H groups in total. The van der Waals surface area contributed by atoms with Crippen molar-refractivity contribution < 1.29 is 33.0 Å². The Bertz CT molecular complexity index is 151. The van der Waals surface area contributed by atoms with E-state index in [4.69, 9.17) is 15.0 Å². The molecule has 0 aromatic carbocycles. The third kappa shape index (κ3) is 11.7. The van der Waals surface area contributed by atoms with Gasteiger partial charge in [-0.3, -0.25) is 0 Å². The minimum atomic E-state index is -5.08. The van der Waals surface area contributed by atoms with Gasteiger partial charge >= 0.3 is 12.1 Å². The van der Waals surface area contributed by atoms with Crippen LogP contribution in [0.4, 0.5) is 13.2 Å². The maximum Gasteiger partial charge on any atom is 0.490 e. The molecule has 0 fully saturated rings. The number of aliphatic carboxylic acids is 1. The predicted molar refractivity (Wildman–Crippen MR) is 31.4 cm³/mol. The van der Waals surface area contributed by atoms with Crippen molar-refractivity contribution in [2.45, 2.75) is 19.2 Å². The Morgan fingerprint density at radius 2 is 1.67 bits per heavy atom. The molecule has 0 saturated heterocycles. The molecule has 0 aliphatic carbocycles. The number of aliphatic hydroxyl groups excluding tert-OH is 1. The monoisotopic (exact) mass is 188 g/mol. The molecule has 0 heterocycles. The van der Waals surface area contributed by atoms with Gasteiger partial charge in [-0.2, -0.15) is 13.2 Å². The average molecular weight is 188 g/mol. The number of carbonyl (C=O) groups excluding carboxylic acids is 1. The van der Waals surface area contributed by atoms with Crippen LogP contribution in [0.25, 0.3) is 0 Å². The first-order chi connectivity index (χ1) is 5.21. The largest absolute Gasteiger partial charge is 0.490 e. The average Bonchev–Trinajstić information content (AvgIpc) is 1.87. The number of hydrogen-bond acceptors (Lipinski definition) is 3. The van der Waals surface area contributed by atoms with Gasteiger partial charge in [-0.25, -0.2) is 4.79 Å². The fourth-order valence-corrected chi connectivity index (χ4v) is 0. The quantitative estimate of drug-likeness (QED) is 0.576. The van der Waals surface area contributed by atoms with Gasteiger partial charge in [0.1, 0.15) is 12.4 Å². The Morgan fingerprint density at radius 1 is 1.50 bits per heavy atom. The maximum atomic E-state index is 10.6. The molecule has 0 aromatic heterocycles. The number of alkyl halides is 3. The van der Waals surface area contributed by atoms with Gasteiger partial charge in [0.15, 0.2) is 0 Å². The number of aldehydes is 1. The zero-order chi connectivity index (χ0) is 10.4. The highest BCUT2D eigenvalue weighted by molar-refractivity contribution is 5.73. The van der Waals surface area contributed by atoms with E-state index in [1.807, 2.05) is 0 Å². The van der Waals surface area contributed by atoms with Gasteiger partial charge in [-0.05, 0) is 6.92 Å². The zero-order valence-electron chi connectivity index (χ0n) is 6.00. The highest BCUT2D eigenvalue weighted by atomic mass is 19.4. The number of carboxylic acids is 1. The van der Waals surface area contributed by atoms with E-state index >= 15 is 0 Å². The van der Waals surface area contributed by atoms with Gasteiger partial charge in [0.25, 0.3) is 0 Å². The van der Waals surface area contributed by atoms with Crippen molar-refractivity contribution in [2.75, 3.05) is 0 Å². The van der Waals surface area contributed by atoms with Crippen molar-refractivity contribution in [3.8, 4) is 0 Å². The Balaban J connectivity index is 0. The SMILES string of the molecule is CC(O)C=O.O=C(O)C(F)(F)F. The second-order valence-corrected chi connectivity index (χ2v) is 1.68. The van der Waals surface area contributed by atoms with E-state index in [0.29, 0.717) is 6.29 Å². The number of halogens is 3. The minimum Gasteiger partial charge on any atom is -0.475 e. The van der Waals surface area contributed by atoms with Crippen molar-refractivity contribution in [3.05, 3.63) is 0 Å². The first-order valence-electron chi connectivity index (χ1n) is 2.65. The number of carbonyl (C=O) groups is 2. The van der Waals surface area contributed by atoms with Crippen LogP contribution in [-0.2, 0) is 9.59 Å². The summed E-state index contributed by atoms with van der Waals surface area (Å²) in [7, 11) is 0. The summed E-state index contributed by atoms with van der Waals surface area (Å²) in [5.41, 5.74) is 0. The first-order valence-corrected chi connectivity index (χ1v) is 2.65. The molecule has 0 spiro atoms. The normalized spacial score (nSPS) is 12.4. The van der Waals surface area contributed by atoms with Crippen LogP contribution >= 0.6 is 0 Å². The van der Waals surface area contributed by atoms with Crippen molar-refractivity contribution >= 4 is 12.3 Å². The van der Waals surface area contributed by atoms with E-state index in [-0.39, 0.29) is 0 Å². The predicted octanol–water partition coefficient (Wildman–Crippen LogP) is 0.199. The highest BCUT2D eigenvalue weighted by Gasteiger charge is 2.38.